The Kier molecular flexibility index (Phi) is 5.61. The van der Waals surface area contributed by atoms with E-state index in [0.717, 1.165) is 42.9 Å². The van der Waals surface area contributed by atoms with Crippen molar-refractivity contribution in [2.75, 3.05) is 0 Å². The van der Waals surface area contributed by atoms with Crippen molar-refractivity contribution in [2.24, 2.45) is 56.2 Å². The molecular weight excluding hydrogens is 400 g/mol. The molecule has 0 radical (unpaired) electrons. The highest BCUT2D eigenvalue weighted by atomic mass is 32.1. The quantitative estimate of drug-likeness (QED) is 0.392. The van der Waals surface area contributed by atoms with Gasteiger partial charge in [-0.25, -0.2) is 0 Å². The number of fused-ring (bicyclic) bond motifs is 5. The number of hydrazone groups is 2. The maximum Gasteiger partial charge on any atom is 0.184 e. The first-order valence-electron chi connectivity index (χ1n) is 11.0. The van der Waals surface area contributed by atoms with Crippen LogP contribution in [0, 0.1) is 34.5 Å². The largest absolute Gasteiger partial charge is 0.375 e. The molecule has 6 atom stereocenters. The van der Waals surface area contributed by atoms with Gasteiger partial charge in [-0.3, -0.25) is 10.9 Å². The van der Waals surface area contributed by atoms with Crippen LogP contribution >= 0.6 is 24.4 Å². The Hall–Kier alpha value is -1.28. The SMILES string of the molecule is C[C@]12CC/C(=N/NC(N)=S)C[C@@H]1CC[C@@H]1[C@@H]2CC[C@]2(C)/C(=N/NC(N)=S)CC[C@@H]12. The standard InChI is InChI=1S/C21H34N6S2/c1-20-9-7-13(24-26-18(22)28)11-12(20)3-4-14-15-5-6-17(25-27-19(23)29)21(15,2)10-8-16(14)20/h12,14-16H,3-11H2,1-2H3,(H3,22,26,28)(H3,23,27,29)/b24-13-,25-17+/t12-,14-,15-,16-,20-,21-/m0/s1. The van der Waals surface area contributed by atoms with Gasteiger partial charge in [-0.1, -0.05) is 13.8 Å². The van der Waals surface area contributed by atoms with E-state index in [0.29, 0.717) is 5.41 Å². The van der Waals surface area contributed by atoms with Gasteiger partial charge in [-0.05, 0) is 111 Å². The van der Waals surface area contributed by atoms with Crippen molar-refractivity contribution in [2.45, 2.75) is 71.6 Å². The van der Waals surface area contributed by atoms with Crippen LogP contribution in [0.3, 0.4) is 0 Å². The number of nitrogens with two attached hydrogens (primary N) is 2. The summed E-state index contributed by atoms with van der Waals surface area (Å²) in [5, 5.41) is 9.61. The fourth-order valence-electron chi connectivity index (χ4n) is 7.39. The molecule has 160 valence electrons. The minimum atomic E-state index is 0.199. The van der Waals surface area contributed by atoms with Gasteiger partial charge in [0.15, 0.2) is 10.2 Å². The molecule has 4 aliphatic carbocycles. The molecule has 0 saturated heterocycles. The summed E-state index contributed by atoms with van der Waals surface area (Å²) >= 11 is 9.86. The third kappa shape index (κ3) is 3.67. The topological polar surface area (TPSA) is 101 Å². The summed E-state index contributed by atoms with van der Waals surface area (Å²) in [5.74, 6) is 3.07. The number of rotatable bonds is 2. The highest BCUT2D eigenvalue weighted by Gasteiger charge is 2.59. The molecule has 0 aromatic rings. The van der Waals surface area contributed by atoms with Gasteiger partial charge in [-0.2, -0.15) is 10.2 Å². The predicted octanol–water partition coefficient (Wildman–Crippen LogP) is 3.41. The molecule has 0 aromatic heterocycles. The van der Waals surface area contributed by atoms with Gasteiger partial charge in [0.05, 0.1) is 0 Å². The number of hydrogen-bond donors (Lipinski definition) is 4. The first-order chi connectivity index (χ1) is 13.7. The molecule has 0 spiro atoms. The number of nitrogens with zero attached hydrogens (tertiary/aromatic N) is 2. The van der Waals surface area contributed by atoms with Crippen LogP contribution < -0.4 is 22.3 Å². The number of hydrogen-bond acceptors (Lipinski definition) is 4. The van der Waals surface area contributed by atoms with E-state index in [2.05, 4.69) is 34.9 Å². The van der Waals surface area contributed by atoms with Crippen LogP contribution in [0.25, 0.3) is 0 Å². The smallest absolute Gasteiger partial charge is 0.184 e. The highest BCUT2D eigenvalue weighted by molar-refractivity contribution is 7.80. The van der Waals surface area contributed by atoms with Crippen molar-refractivity contribution in [1.29, 1.82) is 0 Å². The molecule has 0 heterocycles. The van der Waals surface area contributed by atoms with E-state index in [1.165, 1.54) is 49.9 Å². The summed E-state index contributed by atoms with van der Waals surface area (Å²) in [6.07, 6.45) is 10.8. The first kappa shape index (κ1) is 21.0. The van der Waals surface area contributed by atoms with E-state index < -0.39 is 0 Å². The second-order valence-corrected chi connectivity index (χ2v) is 10.9. The number of thiocarbonyl (C=S) groups is 2. The predicted molar refractivity (Wildman–Crippen MR) is 126 cm³/mol. The summed E-state index contributed by atoms with van der Waals surface area (Å²) < 4.78 is 0. The van der Waals surface area contributed by atoms with Crippen molar-refractivity contribution < 1.29 is 0 Å². The van der Waals surface area contributed by atoms with Gasteiger partial charge in [0.1, 0.15) is 0 Å². The molecule has 4 rings (SSSR count). The van der Waals surface area contributed by atoms with E-state index in [1.807, 2.05) is 0 Å². The van der Waals surface area contributed by atoms with Crippen molar-refractivity contribution >= 4 is 46.1 Å². The normalized spacial score (nSPS) is 43.9. The lowest BCUT2D eigenvalue weighted by Crippen LogP contribution is -2.53. The second kappa shape index (κ2) is 7.76. The van der Waals surface area contributed by atoms with Gasteiger partial charge in [0, 0.05) is 16.8 Å². The van der Waals surface area contributed by atoms with Gasteiger partial charge in [-0.15, -0.1) is 0 Å². The van der Waals surface area contributed by atoms with Gasteiger partial charge in [0.25, 0.3) is 0 Å². The van der Waals surface area contributed by atoms with E-state index in [-0.39, 0.29) is 15.6 Å². The van der Waals surface area contributed by atoms with Crippen molar-refractivity contribution in [3.63, 3.8) is 0 Å². The zero-order valence-corrected chi connectivity index (χ0v) is 19.2. The lowest BCUT2D eigenvalue weighted by Gasteiger charge is -2.59. The van der Waals surface area contributed by atoms with E-state index >= 15 is 0 Å². The molecular formula is C21H34N6S2. The summed E-state index contributed by atoms with van der Waals surface area (Å²) in [6.45, 7) is 5.00. The molecule has 0 aromatic carbocycles. The van der Waals surface area contributed by atoms with E-state index in [1.54, 1.807) is 0 Å². The lowest BCUT2D eigenvalue weighted by atomic mass is 9.45. The molecule has 0 aliphatic heterocycles. The molecule has 4 aliphatic rings. The van der Waals surface area contributed by atoms with E-state index in [9.17, 15) is 0 Å². The Morgan fingerprint density at radius 3 is 2.38 bits per heavy atom. The average molecular weight is 435 g/mol. The molecule has 8 heteroatoms. The molecule has 6 N–H and O–H groups in total. The Balaban J connectivity index is 1.51. The molecule has 6 nitrogen and oxygen atoms in total. The highest BCUT2D eigenvalue weighted by Crippen LogP contribution is 2.65. The second-order valence-electron chi connectivity index (χ2n) is 10.0. The molecule has 4 saturated carbocycles. The van der Waals surface area contributed by atoms with Crippen molar-refractivity contribution in [1.82, 2.24) is 10.9 Å². The zero-order valence-electron chi connectivity index (χ0n) is 17.5. The van der Waals surface area contributed by atoms with Gasteiger partial charge < -0.3 is 11.5 Å². The summed E-state index contributed by atoms with van der Waals surface area (Å²) in [4.78, 5) is 0. The minimum absolute atomic E-state index is 0.199. The van der Waals surface area contributed by atoms with Crippen LogP contribution in [0.1, 0.15) is 71.6 Å². The van der Waals surface area contributed by atoms with Crippen LogP contribution in [0.2, 0.25) is 0 Å². The Bertz CT molecular complexity index is 764. The molecule has 4 fully saturated rings. The molecule has 29 heavy (non-hydrogen) atoms. The fraction of sp³-hybridized carbons (Fsp3) is 0.810. The van der Waals surface area contributed by atoms with Gasteiger partial charge >= 0.3 is 0 Å². The van der Waals surface area contributed by atoms with Crippen LogP contribution in [-0.2, 0) is 0 Å². The lowest BCUT2D eigenvalue weighted by molar-refractivity contribution is -0.0815. The summed E-state index contributed by atoms with van der Waals surface area (Å²) in [7, 11) is 0. The third-order valence-corrected chi connectivity index (χ3v) is 9.05. The van der Waals surface area contributed by atoms with E-state index in [4.69, 9.17) is 35.9 Å². The zero-order chi connectivity index (χ0) is 20.8. The van der Waals surface area contributed by atoms with Crippen molar-refractivity contribution in [3.05, 3.63) is 0 Å². The Morgan fingerprint density at radius 1 is 0.931 bits per heavy atom. The minimum Gasteiger partial charge on any atom is -0.375 e. The van der Waals surface area contributed by atoms with Gasteiger partial charge in [0.2, 0.25) is 0 Å². The Morgan fingerprint density at radius 2 is 1.66 bits per heavy atom. The van der Waals surface area contributed by atoms with Crippen LogP contribution in [-0.4, -0.2) is 21.6 Å². The summed E-state index contributed by atoms with van der Waals surface area (Å²) in [5.41, 5.74) is 20.0. The monoisotopic (exact) mass is 434 g/mol. The average Bonchev–Trinajstić information content (AvgIpc) is 3.01. The number of nitrogens with one attached hydrogen (secondary N) is 2. The maximum atomic E-state index is 5.61. The van der Waals surface area contributed by atoms with Crippen LogP contribution in [0.15, 0.2) is 10.2 Å². The maximum absolute atomic E-state index is 5.61. The first-order valence-corrected chi connectivity index (χ1v) is 11.8. The van der Waals surface area contributed by atoms with Crippen LogP contribution in [0.4, 0.5) is 0 Å². The van der Waals surface area contributed by atoms with Crippen molar-refractivity contribution in [3.8, 4) is 0 Å². The summed E-state index contributed by atoms with van der Waals surface area (Å²) in [6, 6.07) is 0. The van der Waals surface area contributed by atoms with Crippen LogP contribution in [0.5, 0.6) is 0 Å². The third-order valence-electron chi connectivity index (χ3n) is 8.87. The Labute approximate surface area is 184 Å². The molecule has 0 bridgehead atoms. The molecule has 0 amide bonds. The fourth-order valence-corrected chi connectivity index (χ4v) is 7.48. The molecule has 0 unspecified atom stereocenters.